The van der Waals surface area contributed by atoms with Crippen molar-refractivity contribution in [3.8, 4) is 11.1 Å². The highest BCUT2D eigenvalue weighted by atomic mass is 19.1. The highest BCUT2D eigenvalue weighted by Crippen LogP contribution is 2.30. The third kappa shape index (κ3) is 2.53. The van der Waals surface area contributed by atoms with Crippen molar-refractivity contribution in [2.24, 2.45) is 0 Å². The molecule has 2 rings (SSSR count). The minimum atomic E-state index is -1.31. The molecule has 2 heteroatoms. The number of rotatable bonds is 2. The predicted molar refractivity (Wildman–Crippen MR) is 75.2 cm³/mol. The van der Waals surface area contributed by atoms with Crippen molar-refractivity contribution in [2.75, 3.05) is 5.73 Å². The van der Waals surface area contributed by atoms with Crippen molar-refractivity contribution in [3.05, 3.63) is 53.6 Å². The van der Waals surface area contributed by atoms with Gasteiger partial charge in [0.05, 0.1) is 0 Å². The van der Waals surface area contributed by atoms with E-state index in [1.54, 1.807) is 13.8 Å². The molecule has 2 aromatic carbocycles. The summed E-state index contributed by atoms with van der Waals surface area (Å²) >= 11 is 0. The molecule has 0 bridgehead atoms. The molecule has 0 aliphatic carbocycles. The van der Waals surface area contributed by atoms with Gasteiger partial charge in [-0.05, 0) is 55.2 Å². The molecule has 2 N–H and O–H groups in total. The number of anilines is 1. The smallest absolute Gasteiger partial charge is 0.130 e. The number of hydrogen-bond acceptors (Lipinski definition) is 1. The summed E-state index contributed by atoms with van der Waals surface area (Å²) in [4.78, 5) is 0. The van der Waals surface area contributed by atoms with Gasteiger partial charge in [0.1, 0.15) is 5.67 Å². The van der Waals surface area contributed by atoms with Crippen molar-refractivity contribution in [2.45, 2.75) is 26.4 Å². The van der Waals surface area contributed by atoms with Crippen LogP contribution < -0.4 is 5.73 Å². The Morgan fingerprint density at radius 3 is 2.33 bits per heavy atom. The summed E-state index contributed by atoms with van der Waals surface area (Å²) in [6, 6.07) is 13.4. The van der Waals surface area contributed by atoms with Crippen molar-refractivity contribution in [1.82, 2.24) is 0 Å². The van der Waals surface area contributed by atoms with E-state index in [9.17, 15) is 4.39 Å². The minimum Gasteiger partial charge on any atom is -0.399 e. The molecule has 0 unspecified atom stereocenters. The van der Waals surface area contributed by atoms with Crippen molar-refractivity contribution in [1.29, 1.82) is 0 Å². The lowest BCUT2D eigenvalue weighted by Crippen LogP contribution is -2.09. The quantitative estimate of drug-likeness (QED) is 0.775. The van der Waals surface area contributed by atoms with Gasteiger partial charge in [0.15, 0.2) is 0 Å². The van der Waals surface area contributed by atoms with Gasteiger partial charge in [0.25, 0.3) is 0 Å². The van der Waals surface area contributed by atoms with Gasteiger partial charge in [-0.2, -0.15) is 0 Å². The molecule has 94 valence electrons. The Hall–Kier alpha value is -1.83. The third-order valence-corrected chi connectivity index (χ3v) is 3.11. The average Bonchev–Trinajstić information content (AvgIpc) is 2.27. The maximum atomic E-state index is 13.9. The largest absolute Gasteiger partial charge is 0.399 e. The van der Waals surface area contributed by atoms with E-state index in [1.807, 2.05) is 49.4 Å². The lowest BCUT2D eigenvalue weighted by molar-refractivity contribution is 0.221. The molecular weight excluding hydrogens is 225 g/mol. The summed E-state index contributed by atoms with van der Waals surface area (Å²) in [6.07, 6.45) is 0. The van der Waals surface area contributed by atoms with E-state index in [1.165, 1.54) is 0 Å². The zero-order valence-corrected chi connectivity index (χ0v) is 11.0. The molecule has 1 nitrogen and oxygen atoms in total. The van der Waals surface area contributed by atoms with E-state index in [4.69, 9.17) is 5.73 Å². The second-order valence-corrected chi connectivity index (χ2v) is 5.13. The van der Waals surface area contributed by atoms with Crippen LogP contribution in [0.5, 0.6) is 0 Å². The van der Waals surface area contributed by atoms with E-state index < -0.39 is 5.67 Å². The molecule has 18 heavy (non-hydrogen) atoms. The lowest BCUT2D eigenvalue weighted by Gasteiger charge is -2.17. The number of nitrogens with two attached hydrogens (primary N) is 1. The molecule has 0 aromatic heterocycles. The van der Waals surface area contributed by atoms with Gasteiger partial charge < -0.3 is 5.73 Å². The second-order valence-electron chi connectivity index (χ2n) is 5.13. The molecule has 0 saturated carbocycles. The fourth-order valence-corrected chi connectivity index (χ4v) is 2.06. The van der Waals surface area contributed by atoms with Crippen LogP contribution in [0, 0.1) is 6.92 Å². The molecule has 0 heterocycles. The van der Waals surface area contributed by atoms with Crippen LogP contribution in [0.25, 0.3) is 11.1 Å². The van der Waals surface area contributed by atoms with Crippen LogP contribution >= 0.6 is 0 Å². The van der Waals surface area contributed by atoms with Gasteiger partial charge in [-0.3, -0.25) is 0 Å². The number of benzene rings is 2. The first kappa shape index (κ1) is 12.6. The van der Waals surface area contributed by atoms with Crippen LogP contribution in [-0.2, 0) is 5.67 Å². The van der Waals surface area contributed by atoms with Crippen LogP contribution in [-0.4, -0.2) is 0 Å². The van der Waals surface area contributed by atoms with Gasteiger partial charge in [-0.25, -0.2) is 4.39 Å². The summed E-state index contributed by atoms with van der Waals surface area (Å²) in [7, 11) is 0. The monoisotopic (exact) mass is 243 g/mol. The van der Waals surface area contributed by atoms with E-state index in [0.29, 0.717) is 5.56 Å². The first-order chi connectivity index (χ1) is 8.38. The molecule has 0 fully saturated rings. The van der Waals surface area contributed by atoms with Crippen LogP contribution in [0.3, 0.4) is 0 Å². The fourth-order valence-electron chi connectivity index (χ4n) is 2.06. The molecule has 0 spiro atoms. The van der Waals surface area contributed by atoms with Crippen molar-refractivity contribution >= 4 is 5.69 Å². The third-order valence-electron chi connectivity index (χ3n) is 3.11. The zero-order valence-electron chi connectivity index (χ0n) is 11.0. The molecule has 0 saturated heterocycles. The predicted octanol–water partition coefficient (Wildman–Crippen LogP) is 4.45. The summed E-state index contributed by atoms with van der Waals surface area (Å²) < 4.78 is 13.9. The normalized spacial score (nSPS) is 11.6. The van der Waals surface area contributed by atoms with Gasteiger partial charge in [-0.15, -0.1) is 0 Å². The molecule has 0 aliphatic rings. The topological polar surface area (TPSA) is 26.0 Å². The maximum Gasteiger partial charge on any atom is 0.130 e. The Morgan fingerprint density at radius 2 is 1.78 bits per heavy atom. The van der Waals surface area contributed by atoms with E-state index >= 15 is 0 Å². The minimum absolute atomic E-state index is 0.702. The van der Waals surface area contributed by atoms with Gasteiger partial charge in [0.2, 0.25) is 0 Å². The number of halogens is 1. The van der Waals surface area contributed by atoms with Crippen LogP contribution in [0.1, 0.15) is 25.0 Å². The lowest BCUT2D eigenvalue weighted by atomic mass is 9.93. The van der Waals surface area contributed by atoms with Crippen LogP contribution in [0.4, 0.5) is 10.1 Å². The number of hydrogen-bond donors (Lipinski definition) is 1. The highest BCUT2D eigenvalue weighted by molar-refractivity contribution is 5.70. The maximum absolute atomic E-state index is 13.9. The van der Waals surface area contributed by atoms with Gasteiger partial charge >= 0.3 is 0 Å². The van der Waals surface area contributed by atoms with E-state index in [0.717, 1.165) is 22.4 Å². The number of aryl methyl sites for hydroxylation is 1. The summed E-state index contributed by atoms with van der Waals surface area (Å²) in [6.45, 7) is 5.14. The second kappa shape index (κ2) is 4.45. The SMILES string of the molecule is Cc1cc(C(C)(C)F)ccc1-c1cccc(N)c1. The summed E-state index contributed by atoms with van der Waals surface area (Å²) in [5.74, 6) is 0. The molecule has 2 aromatic rings. The first-order valence-corrected chi connectivity index (χ1v) is 6.04. The van der Waals surface area contributed by atoms with Crippen LogP contribution in [0.2, 0.25) is 0 Å². The van der Waals surface area contributed by atoms with Crippen LogP contribution in [0.15, 0.2) is 42.5 Å². The van der Waals surface area contributed by atoms with E-state index in [2.05, 4.69) is 0 Å². The Morgan fingerprint density at radius 1 is 1.06 bits per heavy atom. The Balaban J connectivity index is 2.48. The standard InChI is InChI=1S/C16H18FN/c1-11-9-13(16(2,3)17)7-8-15(11)12-5-4-6-14(18)10-12/h4-10H,18H2,1-3H3. The zero-order chi connectivity index (χ0) is 13.3. The first-order valence-electron chi connectivity index (χ1n) is 6.04. The van der Waals surface area contributed by atoms with Gasteiger partial charge in [0, 0.05) is 5.69 Å². The molecule has 0 amide bonds. The summed E-state index contributed by atoms with van der Waals surface area (Å²) in [5.41, 5.74) is 9.14. The summed E-state index contributed by atoms with van der Waals surface area (Å²) in [5, 5.41) is 0. The van der Waals surface area contributed by atoms with Crippen molar-refractivity contribution < 1.29 is 4.39 Å². The number of alkyl halides is 1. The Bertz CT molecular complexity index is 568. The average molecular weight is 243 g/mol. The van der Waals surface area contributed by atoms with E-state index in [-0.39, 0.29) is 0 Å². The fraction of sp³-hybridized carbons (Fsp3) is 0.250. The molecule has 0 atom stereocenters. The molecule has 0 aliphatic heterocycles. The molecular formula is C16H18FN. The highest BCUT2D eigenvalue weighted by Gasteiger charge is 2.19. The Labute approximate surface area is 107 Å². The Kier molecular flexibility index (Phi) is 3.12. The number of nitrogen functional groups attached to an aromatic ring is 1. The van der Waals surface area contributed by atoms with Crippen molar-refractivity contribution in [3.63, 3.8) is 0 Å². The molecule has 0 radical (unpaired) electrons. The van der Waals surface area contributed by atoms with Gasteiger partial charge in [-0.1, -0.05) is 30.3 Å².